The second-order valence-electron chi connectivity index (χ2n) is 8.40. The van der Waals surface area contributed by atoms with Gasteiger partial charge in [-0.25, -0.2) is 9.59 Å². The van der Waals surface area contributed by atoms with E-state index in [4.69, 9.17) is 13.0 Å². The number of carbonyl (C=O) groups excluding carboxylic acids is 2. The van der Waals surface area contributed by atoms with E-state index in [-0.39, 0.29) is 12.3 Å². The predicted molar refractivity (Wildman–Crippen MR) is 103 cm³/mol. The van der Waals surface area contributed by atoms with Gasteiger partial charge in [-0.3, -0.25) is 0 Å². The first-order valence-electron chi connectivity index (χ1n) is 8.63. The van der Waals surface area contributed by atoms with Crippen LogP contribution in [0.3, 0.4) is 0 Å². The molecule has 0 bridgehead atoms. The topological polar surface area (TPSA) is 71.1 Å². The summed E-state index contributed by atoms with van der Waals surface area (Å²) in [6.45, 7) is 13.1. The molecule has 0 radical (unpaired) electrons. The zero-order valence-corrected chi connectivity index (χ0v) is 20.7. The van der Waals surface area contributed by atoms with E-state index >= 15 is 0 Å². The maximum atomic E-state index is 12.4. The molecule has 0 aromatic carbocycles. The molecule has 0 amide bonds. The highest BCUT2D eigenvalue weighted by Crippen LogP contribution is 2.35. The van der Waals surface area contributed by atoms with Gasteiger partial charge in [-0.15, -0.1) is 0 Å². The van der Waals surface area contributed by atoms with E-state index < -0.39 is 55.6 Å². The summed E-state index contributed by atoms with van der Waals surface area (Å²) in [5.41, 5.74) is 0. The molecule has 15 heteroatoms. The second-order valence-corrected chi connectivity index (χ2v) is 21.0. The molecule has 0 aromatic heterocycles. The second kappa shape index (κ2) is 9.97. The van der Waals surface area contributed by atoms with Crippen molar-refractivity contribution in [2.75, 3.05) is 6.23 Å². The van der Waals surface area contributed by atoms with Gasteiger partial charge in [0.25, 0.3) is 6.10 Å². The Morgan fingerprint density at radius 2 is 1.13 bits per heavy atom. The molecule has 0 aliphatic carbocycles. The van der Waals surface area contributed by atoms with Crippen molar-refractivity contribution in [2.45, 2.75) is 64.3 Å². The van der Waals surface area contributed by atoms with Crippen LogP contribution in [0, 0.1) is 0 Å². The zero-order chi connectivity index (χ0) is 24.2. The monoisotopic (exact) mass is 500 g/mol. The van der Waals surface area contributed by atoms with Crippen molar-refractivity contribution in [3.63, 3.8) is 0 Å². The minimum atomic E-state index is -5.85. The molecule has 176 valence electrons. The molecule has 0 atom stereocenters. The van der Waals surface area contributed by atoms with Crippen LogP contribution in [0.2, 0.25) is 45.8 Å². The fourth-order valence-electron chi connectivity index (χ4n) is 2.24. The molecule has 0 heterocycles. The van der Waals surface area contributed by atoms with Crippen molar-refractivity contribution in [1.82, 2.24) is 0 Å². The van der Waals surface area contributed by atoms with Gasteiger partial charge in [0.15, 0.2) is 16.6 Å². The summed E-state index contributed by atoms with van der Waals surface area (Å²) < 4.78 is 94.7. The highest BCUT2D eigenvalue weighted by atomic mass is 28.5. The first kappa shape index (κ1) is 28.8. The Hall–Kier alpha value is -1.17. The Labute approximate surface area is 174 Å². The predicted octanol–water partition coefficient (Wildman–Crippen LogP) is 4.44. The molecule has 0 saturated heterocycles. The van der Waals surface area contributed by atoms with Gasteiger partial charge in [-0.05, 0) is 45.8 Å². The number of esters is 2. The van der Waals surface area contributed by atoms with Crippen LogP contribution in [-0.2, 0) is 27.3 Å². The summed E-state index contributed by atoms with van der Waals surface area (Å²) in [6, 6.07) is 0. The molecular weight excluding hydrogens is 474 g/mol. The van der Waals surface area contributed by atoms with E-state index in [0.717, 1.165) is 0 Å². The number of hydrogen-bond donors (Lipinski definition) is 0. The molecule has 0 fully saturated rings. The van der Waals surface area contributed by atoms with Crippen LogP contribution in [0.4, 0.5) is 26.3 Å². The number of carbonyl (C=O) groups is 2. The standard InChI is InChI=1S/C15H26F6O6Si3/c1-28(2,3)26-30(7,27-29(4,5)6)10-24-11(22)8-9-12(23)25-13(14(16,17)18)15(19,20)21/h8-9,13H,10H2,1-7H3/b9-8+. The molecule has 0 spiro atoms. The van der Waals surface area contributed by atoms with Crippen LogP contribution < -0.4 is 0 Å². The van der Waals surface area contributed by atoms with Crippen LogP contribution in [0.25, 0.3) is 0 Å². The van der Waals surface area contributed by atoms with E-state index in [1.165, 1.54) is 0 Å². The third-order valence-electron chi connectivity index (χ3n) is 2.70. The number of ether oxygens (including phenoxy) is 2. The van der Waals surface area contributed by atoms with Gasteiger partial charge >= 0.3 is 32.9 Å². The summed E-state index contributed by atoms with van der Waals surface area (Å²) in [4.78, 5) is 23.1. The van der Waals surface area contributed by atoms with Crippen molar-refractivity contribution in [1.29, 1.82) is 0 Å². The first-order chi connectivity index (χ1) is 13.0. The molecule has 0 aliphatic heterocycles. The van der Waals surface area contributed by atoms with Crippen LogP contribution in [0.5, 0.6) is 0 Å². The molecule has 0 rings (SSSR count). The Bertz CT molecular complexity index is 607. The molecule has 0 N–H and O–H groups in total. The molecule has 0 saturated carbocycles. The Kier molecular flexibility index (Phi) is 9.58. The third-order valence-corrected chi connectivity index (χ3v) is 11.7. The van der Waals surface area contributed by atoms with E-state index in [0.29, 0.717) is 6.08 Å². The fourth-order valence-corrected chi connectivity index (χ4v) is 14.0. The Morgan fingerprint density at radius 3 is 1.47 bits per heavy atom. The highest BCUT2D eigenvalue weighted by molar-refractivity contribution is 6.87. The maximum Gasteiger partial charge on any atom is 0.434 e. The van der Waals surface area contributed by atoms with Crippen LogP contribution in [0.1, 0.15) is 0 Å². The summed E-state index contributed by atoms with van der Waals surface area (Å²) in [6.07, 6.45) is -15.8. The van der Waals surface area contributed by atoms with Crippen LogP contribution >= 0.6 is 0 Å². The normalized spacial score (nSPS) is 14.3. The quantitative estimate of drug-likeness (QED) is 0.202. The first-order valence-corrected chi connectivity index (χ1v) is 18.0. The Morgan fingerprint density at radius 1 is 0.767 bits per heavy atom. The third kappa shape index (κ3) is 12.5. The number of halogens is 6. The smallest absolute Gasteiger partial charge is 0.434 e. The minimum absolute atomic E-state index is 0.129. The summed E-state index contributed by atoms with van der Waals surface area (Å²) in [5, 5.41) is 0. The van der Waals surface area contributed by atoms with Crippen molar-refractivity contribution in [3.05, 3.63) is 12.2 Å². The van der Waals surface area contributed by atoms with Crippen molar-refractivity contribution in [3.8, 4) is 0 Å². The van der Waals surface area contributed by atoms with Crippen molar-refractivity contribution < 1.29 is 53.6 Å². The van der Waals surface area contributed by atoms with Gasteiger partial charge in [0.05, 0.1) is 0 Å². The number of rotatable bonds is 9. The van der Waals surface area contributed by atoms with Crippen LogP contribution in [-0.4, -0.2) is 61.8 Å². The van der Waals surface area contributed by atoms with Gasteiger partial charge < -0.3 is 17.7 Å². The van der Waals surface area contributed by atoms with E-state index in [1.54, 1.807) is 6.55 Å². The van der Waals surface area contributed by atoms with Crippen molar-refractivity contribution in [2.24, 2.45) is 0 Å². The van der Waals surface area contributed by atoms with Gasteiger partial charge in [0.1, 0.15) is 6.23 Å². The highest BCUT2D eigenvalue weighted by Gasteiger charge is 2.59. The largest absolute Gasteiger partial charge is 0.461 e. The maximum absolute atomic E-state index is 12.4. The number of alkyl halides is 6. The van der Waals surface area contributed by atoms with Gasteiger partial charge in [0, 0.05) is 12.2 Å². The minimum Gasteiger partial charge on any atom is -0.461 e. The van der Waals surface area contributed by atoms with E-state index in [1.807, 2.05) is 39.3 Å². The van der Waals surface area contributed by atoms with Gasteiger partial charge in [0.2, 0.25) is 0 Å². The lowest BCUT2D eigenvalue weighted by Crippen LogP contribution is -2.56. The lowest BCUT2D eigenvalue weighted by atomic mass is 10.3. The van der Waals surface area contributed by atoms with Gasteiger partial charge in [-0.2, -0.15) is 26.3 Å². The van der Waals surface area contributed by atoms with E-state index in [9.17, 15) is 35.9 Å². The van der Waals surface area contributed by atoms with Gasteiger partial charge in [-0.1, -0.05) is 0 Å². The summed E-state index contributed by atoms with van der Waals surface area (Å²) >= 11 is 0. The molecule has 30 heavy (non-hydrogen) atoms. The lowest BCUT2D eigenvalue weighted by Gasteiger charge is -2.37. The molecule has 0 unspecified atom stereocenters. The van der Waals surface area contributed by atoms with Crippen LogP contribution in [0.15, 0.2) is 12.2 Å². The zero-order valence-electron chi connectivity index (χ0n) is 17.7. The molecule has 6 nitrogen and oxygen atoms in total. The average molecular weight is 501 g/mol. The molecule has 0 aliphatic rings. The molecular formula is C15H26F6O6Si3. The SMILES string of the molecule is C[Si](C)(C)O[Si](C)(COC(=O)/C=C/C(=O)OC(C(F)(F)F)C(F)(F)F)O[Si](C)(C)C. The molecule has 0 aromatic rings. The van der Waals surface area contributed by atoms with Crippen molar-refractivity contribution >= 4 is 37.1 Å². The lowest BCUT2D eigenvalue weighted by molar-refractivity contribution is -0.312. The average Bonchev–Trinajstić information content (AvgIpc) is 2.42. The summed E-state index contributed by atoms with van der Waals surface area (Å²) in [7, 11) is -7.17. The van der Waals surface area contributed by atoms with E-state index in [2.05, 4.69) is 4.74 Å². The Balaban J connectivity index is 5.08. The fraction of sp³-hybridized carbons (Fsp3) is 0.733. The number of hydrogen-bond acceptors (Lipinski definition) is 6. The summed E-state index contributed by atoms with van der Waals surface area (Å²) in [5.74, 6) is -3.16.